The molecule has 0 aliphatic heterocycles. The van der Waals surface area contributed by atoms with Crippen molar-refractivity contribution in [2.75, 3.05) is 20.7 Å². The Morgan fingerprint density at radius 1 is 1.27 bits per heavy atom. The summed E-state index contributed by atoms with van der Waals surface area (Å²) in [5, 5.41) is 23.4. The Bertz CT molecular complexity index is 1260. The number of nitrogens with two attached hydrogens (primary N) is 1. The number of benzene rings is 2. The van der Waals surface area contributed by atoms with Gasteiger partial charge in [-0.1, -0.05) is 30.7 Å². The molecule has 9 nitrogen and oxygen atoms in total. The molecule has 178 valence electrons. The van der Waals surface area contributed by atoms with Crippen molar-refractivity contribution in [3.63, 3.8) is 0 Å². The summed E-state index contributed by atoms with van der Waals surface area (Å²) in [5.41, 5.74) is -0.0283. The number of hydrogen-bond donors (Lipinski definition) is 4. The van der Waals surface area contributed by atoms with Gasteiger partial charge in [-0.25, -0.2) is 4.57 Å². The fraction of sp³-hybridized carbons (Fsp3) is 0.318. The number of halogens is 1. The predicted octanol–water partition coefficient (Wildman–Crippen LogP) is 2.99. The van der Waals surface area contributed by atoms with Gasteiger partial charge in [0.05, 0.1) is 12.1 Å². The zero-order chi connectivity index (χ0) is 24.3. The van der Waals surface area contributed by atoms with Crippen LogP contribution in [0.2, 0.25) is 5.02 Å². The molecular formula is C22H26ClNO8P+. The first-order valence-electron chi connectivity index (χ1n) is 10.3. The molecule has 0 radical (unpaired) electrons. The number of aromatic hydroxyl groups is 1. The van der Waals surface area contributed by atoms with Gasteiger partial charge in [0.2, 0.25) is 0 Å². The molecule has 0 bridgehead atoms. The fourth-order valence-electron chi connectivity index (χ4n) is 3.77. The van der Waals surface area contributed by atoms with Gasteiger partial charge in [0, 0.05) is 36.3 Å². The number of rotatable bonds is 9. The second-order valence-corrected chi connectivity index (χ2v) is 9.33. The maximum atomic E-state index is 13.0. The van der Waals surface area contributed by atoms with Crippen molar-refractivity contribution in [3.05, 3.63) is 57.2 Å². The van der Waals surface area contributed by atoms with Crippen LogP contribution in [0.5, 0.6) is 11.5 Å². The van der Waals surface area contributed by atoms with E-state index in [-0.39, 0.29) is 28.0 Å². The number of phosphoric ester groups is 1. The molecular weight excluding hydrogens is 473 g/mol. The maximum absolute atomic E-state index is 13.0. The van der Waals surface area contributed by atoms with Crippen molar-refractivity contribution in [2.45, 2.75) is 25.4 Å². The summed E-state index contributed by atoms with van der Waals surface area (Å²) in [6, 6.07) is 9.00. The molecule has 0 saturated heterocycles. The smallest absolute Gasteiger partial charge is 0.507 e. The highest BCUT2D eigenvalue weighted by Gasteiger charge is 2.33. The Morgan fingerprint density at radius 2 is 1.97 bits per heavy atom. The first-order chi connectivity index (χ1) is 15.6. The van der Waals surface area contributed by atoms with Gasteiger partial charge in [-0.2, -0.15) is 0 Å². The predicted molar refractivity (Wildman–Crippen MR) is 124 cm³/mol. The van der Waals surface area contributed by atoms with Crippen LogP contribution >= 0.6 is 19.4 Å². The second kappa shape index (κ2) is 10.3. The molecule has 33 heavy (non-hydrogen) atoms. The highest BCUT2D eigenvalue weighted by Crippen LogP contribution is 2.49. The Kier molecular flexibility index (Phi) is 7.84. The molecule has 1 heterocycles. The maximum Gasteiger partial charge on any atom is 0.527 e. The topological polar surface area (TPSA) is 143 Å². The number of aliphatic hydroxyl groups excluding tert-OH is 1. The Hall–Kier alpha value is -2.39. The fourth-order valence-corrected chi connectivity index (χ4v) is 4.47. The standard InChI is InChI=1S/C22H25ClNO8P/c1-4-12(17(27)11-24-2)20-19(32-33(28,29)30-3)10-16(26)21-15(25)9-18(31-22(20)21)13-7-5-6-8-14(13)23/h5-10,12,17,24,26-27H,4,11H2,1-3H3,(H,28,29)/p+1. The first-order valence-corrected chi connectivity index (χ1v) is 12.1. The summed E-state index contributed by atoms with van der Waals surface area (Å²) >= 11 is 6.29. The van der Waals surface area contributed by atoms with Crippen molar-refractivity contribution < 1.29 is 38.5 Å². The molecule has 0 aliphatic rings. The van der Waals surface area contributed by atoms with Crippen molar-refractivity contribution >= 4 is 30.4 Å². The van der Waals surface area contributed by atoms with Gasteiger partial charge < -0.3 is 24.5 Å². The second-order valence-electron chi connectivity index (χ2n) is 7.43. The third-order valence-corrected chi connectivity index (χ3v) is 6.54. The van der Waals surface area contributed by atoms with Crippen LogP contribution < -0.4 is 15.3 Å². The summed E-state index contributed by atoms with van der Waals surface area (Å²) < 4.78 is 28.0. The third kappa shape index (κ3) is 5.24. The lowest BCUT2D eigenvalue weighted by Gasteiger charge is -2.25. The molecule has 2 aromatic carbocycles. The SMILES string of the molecule is CCC(c1c(OP(=O)(O)OC)cc(O)c2c(=O)cc(-c3ccccc3Cl)oc12)C(O)C[NH2+]C. The van der Waals surface area contributed by atoms with Gasteiger partial charge in [0.25, 0.3) is 0 Å². The number of fused-ring (bicyclic) bond motifs is 1. The van der Waals surface area contributed by atoms with Crippen LogP contribution in [0.1, 0.15) is 24.8 Å². The van der Waals surface area contributed by atoms with Gasteiger partial charge in [0.15, 0.2) is 5.43 Å². The third-order valence-electron chi connectivity index (χ3n) is 5.32. The average molecular weight is 499 g/mol. The number of likely N-dealkylation sites (N-methyl/N-ethyl adjacent to an activating group) is 1. The molecule has 0 amide bonds. The minimum atomic E-state index is -4.55. The normalized spacial score (nSPS) is 15.2. The van der Waals surface area contributed by atoms with Crippen molar-refractivity contribution in [1.29, 1.82) is 0 Å². The van der Waals surface area contributed by atoms with E-state index in [1.165, 1.54) is 6.07 Å². The van der Waals surface area contributed by atoms with Crippen LogP contribution in [-0.4, -0.2) is 41.9 Å². The van der Waals surface area contributed by atoms with Gasteiger partial charge in [-0.15, -0.1) is 0 Å². The Morgan fingerprint density at radius 3 is 2.58 bits per heavy atom. The summed E-state index contributed by atoms with van der Waals surface area (Å²) in [7, 11) is -1.77. The van der Waals surface area contributed by atoms with Crippen molar-refractivity contribution in [1.82, 2.24) is 0 Å². The lowest BCUT2D eigenvalue weighted by atomic mass is 9.88. The van der Waals surface area contributed by atoms with Crippen molar-refractivity contribution in [3.8, 4) is 22.8 Å². The lowest BCUT2D eigenvalue weighted by molar-refractivity contribution is -0.634. The minimum absolute atomic E-state index is 0.0782. The molecule has 3 atom stereocenters. The Labute approximate surface area is 195 Å². The zero-order valence-electron chi connectivity index (χ0n) is 18.3. The van der Waals surface area contributed by atoms with Crippen LogP contribution in [0.15, 0.2) is 45.6 Å². The van der Waals surface area contributed by atoms with E-state index < -0.39 is 31.0 Å². The number of aliphatic hydroxyl groups is 1. The molecule has 11 heteroatoms. The van der Waals surface area contributed by atoms with Gasteiger partial charge in [0.1, 0.15) is 40.9 Å². The minimum Gasteiger partial charge on any atom is -0.507 e. The summed E-state index contributed by atoms with van der Waals surface area (Å²) in [6.07, 6.45) is -0.557. The molecule has 3 aromatic rings. The molecule has 0 saturated carbocycles. The van der Waals surface area contributed by atoms with E-state index in [1.54, 1.807) is 43.6 Å². The quantitative estimate of drug-likeness (QED) is 0.330. The zero-order valence-corrected chi connectivity index (χ0v) is 20.0. The Balaban J connectivity index is 2.42. The lowest BCUT2D eigenvalue weighted by Crippen LogP contribution is -2.82. The van der Waals surface area contributed by atoms with Gasteiger partial charge in [-0.3, -0.25) is 14.2 Å². The number of hydrogen-bond acceptors (Lipinski definition) is 7. The van der Waals surface area contributed by atoms with Gasteiger partial charge in [-0.05, 0) is 18.6 Å². The number of quaternary nitrogens is 1. The van der Waals surface area contributed by atoms with E-state index in [2.05, 4.69) is 4.52 Å². The summed E-state index contributed by atoms with van der Waals surface area (Å²) in [6.45, 7) is 2.10. The molecule has 3 rings (SSSR count). The van der Waals surface area contributed by atoms with E-state index in [0.29, 0.717) is 23.6 Å². The molecule has 0 aliphatic carbocycles. The summed E-state index contributed by atoms with van der Waals surface area (Å²) in [5.74, 6) is -1.29. The van der Waals surface area contributed by atoms with Crippen LogP contribution in [0, 0.1) is 0 Å². The van der Waals surface area contributed by atoms with Crippen LogP contribution in [-0.2, 0) is 9.09 Å². The van der Waals surface area contributed by atoms with E-state index in [0.717, 1.165) is 13.2 Å². The number of phenols is 1. The molecule has 0 spiro atoms. The van der Waals surface area contributed by atoms with Crippen LogP contribution in [0.3, 0.4) is 0 Å². The number of phosphoric acid groups is 1. The van der Waals surface area contributed by atoms with Crippen LogP contribution in [0.25, 0.3) is 22.3 Å². The summed E-state index contributed by atoms with van der Waals surface area (Å²) in [4.78, 5) is 23.0. The van der Waals surface area contributed by atoms with E-state index in [9.17, 15) is 24.5 Å². The van der Waals surface area contributed by atoms with Crippen molar-refractivity contribution in [2.24, 2.45) is 0 Å². The van der Waals surface area contributed by atoms with E-state index in [4.69, 9.17) is 20.5 Å². The largest absolute Gasteiger partial charge is 0.527 e. The molecule has 3 unspecified atom stereocenters. The highest BCUT2D eigenvalue weighted by molar-refractivity contribution is 7.47. The van der Waals surface area contributed by atoms with Gasteiger partial charge >= 0.3 is 7.82 Å². The van der Waals surface area contributed by atoms with E-state index in [1.807, 2.05) is 0 Å². The van der Waals surface area contributed by atoms with E-state index >= 15 is 0 Å². The molecule has 5 N–H and O–H groups in total. The molecule has 0 fully saturated rings. The number of phenolic OH excluding ortho intramolecular Hbond substituents is 1. The monoisotopic (exact) mass is 498 g/mol. The highest BCUT2D eigenvalue weighted by atomic mass is 35.5. The van der Waals surface area contributed by atoms with Crippen LogP contribution in [0.4, 0.5) is 0 Å². The first kappa shape index (κ1) is 25.2. The average Bonchev–Trinajstić information content (AvgIpc) is 2.76. The molecule has 1 aromatic heterocycles.